The van der Waals surface area contributed by atoms with Gasteiger partial charge in [0.1, 0.15) is 144 Å². The Morgan fingerprint density at radius 1 is 0.522 bits per heavy atom. The van der Waals surface area contributed by atoms with Crippen LogP contribution in [-0.4, -0.2) is 243 Å². The zero-order valence-electron chi connectivity index (χ0n) is 75.6. The van der Waals surface area contributed by atoms with Gasteiger partial charge in [0.05, 0.1) is 41.1 Å². The van der Waals surface area contributed by atoms with Crippen LogP contribution in [0.25, 0.3) is 11.1 Å². The van der Waals surface area contributed by atoms with Gasteiger partial charge < -0.3 is 151 Å². The van der Waals surface area contributed by atoms with E-state index >= 15 is 24.0 Å². The van der Waals surface area contributed by atoms with E-state index in [1.807, 2.05) is 6.92 Å². The number of rotatable bonds is 25. The standard InChI is InChI=1S/C97H113Cl2N7O32/c1-5-6-7-8-13-16-75(117)129-42-73-84(120)86(122)80(104-74(116)15-12-10-9-11-14-43(2)3)96(136-73)138-90-69-33-50-34-70(90)132-66-24-20-48(31-59(66)99)89(137-95-79(102-44(4)109)85(121)82(118)71(40-107)134-95)81-94(128)101-39-51-28-53(111)36-68(133-97-88(124)87(123)83(119)72(41-108)135-97)76(51)57-30-46(18-21-61(57)112)55(91(125)106-81)38-64(115)78(50)105-92(126)56-37-63(114)60(26-45-17-23-65(131-69)58(98)25-45)103-93(127)77(100)47-19-22-62(113)67(32-47)130-54-29-49(56)27-52(110)35-54/h17-25,27-36,43,55-56,60,71-73,77-89,95-97,107-108,110-113,118-124H,5-16,26,37-42,100H2,1-4H3,(H,101,128)(H,102,109)(H,103,127)(H,104,116)(H,105,126)(H,106,125)/t55-,56+,60-,71?,72?,73?,77-,78-,79?,80?,81+,82-,83-,84-,85-,86-,87?,88-,89-,95+,96+,97+/m1/s1. The minimum absolute atomic E-state index is 0.0468. The summed E-state index contributed by atoms with van der Waals surface area (Å²) in [7, 11) is 0. The van der Waals surface area contributed by atoms with E-state index in [0.717, 1.165) is 94.0 Å². The molecule has 9 aliphatic rings. The van der Waals surface area contributed by atoms with Crippen molar-refractivity contribution < 1.29 is 157 Å². The fraction of sp³-hybridized carbons (Fsp3) is 0.474. The van der Waals surface area contributed by atoms with E-state index in [0.29, 0.717) is 31.6 Å². The number of unbranched alkanes of at least 4 members (excludes halogenated alkanes) is 7. The van der Waals surface area contributed by atoms with E-state index < -0.39 is 295 Å². The third kappa shape index (κ3) is 23.7. The smallest absolute Gasteiger partial charge is 0.305 e. The Kier molecular flexibility index (Phi) is 33.4. The lowest BCUT2D eigenvalue weighted by molar-refractivity contribution is -0.284. The summed E-state index contributed by atoms with van der Waals surface area (Å²) in [5.74, 6) is -18.8. The molecule has 39 nitrogen and oxygen atoms in total. The number of aliphatic hydroxyl groups excluding tert-OH is 9. The third-order valence-corrected chi connectivity index (χ3v) is 26.0. The summed E-state index contributed by atoms with van der Waals surface area (Å²) in [5.41, 5.74) is 4.98. The van der Waals surface area contributed by atoms with Gasteiger partial charge in [-0.05, 0) is 143 Å². The third-order valence-electron chi connectivity index (χ3n) is 25.4. The number of ether oxygens (including phenoxy) is 10. The number of fused-ring (bicyclic) bond motifs is 14. The second-order valence-corrected chi connectivity index (χ2v) is 36.7. The number of amides is 6. The predicted octanol–water partition coefficient (Wildman–Crippen LogP) is 6.08. The van der Waals surface area contributed by atoms with Gasteiger partial charge in [-0.3, -0.25) is 43.2 Å². The van der Waals surface area contributed by atoms with Crippen molar-refractivity contribution >= 4 is 76.2 Å². The van der Waals surface area contributed by atoms with Crippen molar-refractivity contribution in [2.45, 2.75) is 265 Å². The Bertz CT molecular complexity index is 5650. The maximum atomic E-state index is 17.3. The highest BCUT2D eigenvalue weighted by Crippen LogP contribution is 2.51. The SMILES string of the molecule is CCCCCCCC(=O)OCC1O[C@@H](Oc2c3cc4cc2Oc2ccc(cc2Cl)[C@@H](O[C@@H]2OC(CO)[C@@H](O)[C@H](O)C2NC(C)=O)[C@@H]2NC(=O)[C@H](CC(=O)[C@@H]4NC(=O)[C@H]4CC(=O)[C@@H](Cc5ccc(c(Cl)c5)O3)NC(=O)[C@H](N)c3ccc(O)c(c3)Oc3cc(O)cc4c3)c3ccc(O)c(c3)-c3c(cc(O)cc3O[C@H]3OC(CO)[C@@H](O)C(O)[C@H]3O)CNC2=O)C(NC(=O)CCCCCCC(C)C)[C@@H](O)[C@@H]1O. The molecule has 0 radical (unpaired) electrons. The molecule has 9 aliphatic heterocycles. The Labute approximate surface area is 801 Å². The van der Waals surface area contributed by atoms with Crippen molar-refractivity contribution in [2.75, 3.05) is 19.8 Å². The van der Waals surface area contributed by atoms with Crippen LogP contribution in [-0.2, 0) is 79.8 Å². The fourth-order valence-corrected chi connectivity index (χ4v) is 18.3. The molecule has 9 heterocycles. The van der Waals surface area contributed by atoms with Crippen LogP contribution < -0.4 is 61.3 Å². The van der Waals surface area contributed by atoms with E-state index in [9.17, 15) is 85.6 Å². The number of nitrogens with one attached hydrogen (secondary N) is 6. The number of esters is 1. The maximum Gasteiger partial charge on any atom is 0.305 e. The molecule has 0 spiro atoms. The van der Waals surface area contributed by atoms with Gasteiger partial charge in [-0.2, -0.15) is 0 Å². The van der Waals surface area contributed by atoms with Crippen LogP contribution in [0.5, 0.6) is 69.0 Å². The van der Waals surface area contributed by atoms with Crippen molar-refractivity contribution in [3.8, 4) is 80.1 Å². The van der Waals surface area contributed by atoms with Crippen LogP contribution in [0, 0.1) is 5.92 Å². The molecule has 6 unspecified atom stereocenters. The highest BCUT2D eigenvalue weighted by atomic mass is 35.5. The number of benzene rings is 7. The summed E-state index contributed by atoms with van der Waals surface area (Å²) in [6.07, 6.45) is -22.8. The van der Waals surface area contributed by atoms with Crippen LogP contribution in [0.2, 0.25) is 10.0 Å². The molecule has 0 aliphatic carbocycles. The molecular weight excluding hydrogens is 1850 g/mol. The Balaban J connectivity index is 1.02. The van der Waals surface area contributed by atoms with Gasteiger partial charge in [-0.15, -0.1) is 0 Å². The lowest BCUT2D eigenvalue weighted by Crippen LogP contribution is -2.65. The molecule has 742 valence electrons. The Morgan fingerprint density at radius 2 is 1.12 bits per heavy atom. The number of aromatic hydroxyl groups is 4. The molecule has 0 aromatic heterocycles. The largest absolute Gasteiger partial charge is 0.508 e. The van der Waals surface area contributed by atoms with Gasteiger partial charge in [0.25, 0.3) is 0 Å². The molecular formula is C97H113Cl2N7O32. The number of halogens is 2. The molecule has 3 fully saturated rings. The number of ketones is 2. The first-order chi connectivity index (χ1) is 65.9. The summed E-state index contributed by atoms with van der Waals surface area (Å²) < 4.78 is 64.5. The van der Waals surface area contributed by atoms with E-state index in [1.165, 1.54) is 66.7 Å². The number of carbonyl (C=O) groups is 9. The first-order valence-electron chi connectivity index (χ1n) is 45.8. The van der Waals surface area contributed by atoms with E-state index in [-0.39, 0.29) is 79.6 Å². The van der Waals surface area contributed by atoms with E-state index in [1.54, 1.807) is 0 Å². The minimum Gasteiger partial charge on any atom is -0.508 e. The molecule has 138 heavy (non-hydrogen) atoms. The molecule has 16 rings (SSSR count). The van der Waals surface area contributed by atoms with E-state index in [2.05, 4.69) is 45.7 Å². The Hall–Kier alpha value is -11.6. The maximum absolute atomic E-state index is 17.3. The van der Waals surface area contributed by atoms with Crippen molar-refractivity contribution in [2.24, 2.45) is 11.7 Å². The summed E-state index contributed by atoms with van der Waals surface area (Å²) in [5, 5.41) is 165. The fourth-order valence-electron chi connectivity index (χ4n) is 17.8. The van der Waals surface area contributed by atoms with Gasteiger partial charge in [-0.1, -0.05) is 120 Å². The molecule has 0 saturated carbocycles. The van der Waals surface area contributed by atoms with Crippen LogP contribution >= 0.6 is 23.2 Å². The van der Waals surface area contributed by atoms with Gasteiger partial charge in [-0.25, -0.2) is 0 Å². The van der Waals surface area contributed by atoms with Crippen LogP contribution in [0.4, 0.5) is 0 Å². The number of aliphatic hydroxyl groups is 9. The zero-order valence-corrected chi connectivity index (χ0v) is 77.1. The molecule has 41 heteroatoms. The predicted molar refractivity (Wildman–Crippen MR) is 487 cm³/mol. The molecule has 3 saturated heterocycles. The number of phenolic OH excluding ortho intramolecular Hbond substituents is 4. The average Bonchev–Trinajstić information content (AvgIpc) is 0.766. The first kappa shape index (κ1) is 102. The number of nitrogens with two attached hydrogens (primary N) is 1. The van der Waals surface area contributed by atoms with Crippen molar-refractivity contribution in [1.29, 1.82) is 0 Å². The average molecular weight is 1960 g/mol. The molecule has 6 amide bonds. The molecule has 17 bridgehead atoms. The summed E-state index contributed by atoms with van der Waals surface area (Å²) >= 11 is 14.9. The number of hydrogen-bond donors (Lipinski definition) is 20. The lowest BCUT2D eigenvalue weighted by atomic mass is 9.85. The number of carbonyl (C=O) groups excluding carboxylic acids is 9. The molecule has 21 N–H and O–H groups in total. The molecule has 7 aromatic rings. The number of hydrogen-bond acceptors (Lipinski definition) is 33. The number of phenols is 4. The van der Waals surface area contributed by atoms with Gasteiger partial charge >= 0.3 is 5.97 Å². The number of Topliss-reactive ketones (excluding diaryl/α,β-unsaturated/α-hetero) is 2. The van der Waals surface area contributed by atoms with Gasteiger partial charge in [0.15, 0.2) is 40.9 Å². The second kappa shape index (κ2) is 45.1. The van der Waals surface area contributed by atoms with Gasteiger partial charge in [0.2, 0.25) is 53.8 Å². The van der Waals surface area contributed by atoms with Crippen molar-refractivity contribution in [3.63, 3.8) is 0 Å². The molecule has 7 aromatic carbocycles. The highest BCUT2D eigenvalue weighted by Gasteiger charge is 2.52. The normalized spacial score (nSPS) is 27.7. The Morgan fingerprint density at radius 3 is 1.81 bits per heavy atom. The van der Waals surface area contributed by atoms with Crippen LogP contribution in [0.3, 0.4) is 0 Å². The van der Waals surface area contributed by atoms with Gasteiger partial charge in [0, 0.05) is 62.4 Å². The van der Waals surface area contributed by atoms with Crippen molar-refractivity contribution in [3.05, 3.63) is 164 Å². The quantitative estimate of drug-likeness (QED) is 0.0228. The first-order valence-corrected chi connectivity index (χ1v) is 46.5. The van der Waals surface area contributed by atoms with Crippen molar-refractivity contribution in [1.82, 2.24) is 31.9 Å². The summed E-state index contributed by atoms with van der Waals surface area (Å²) in [6.45, 7) is 3.79. The van der Waals surface area contributed by atoms with Crippen LogP contribution in [0.1, 0.15) is 187 Å². The zero-order chi connectivity index (χ0) is 98.9. The highest BCUT2D eigenvalue weighted by molar-refractivity contribution is 6.32. The van der Waals surface area contributed by atoms with Crippen LogP contribution in [0.15, 0.2) is 115 Å². The topological polar surface area (TPSA) is 607 Å². The summed E-state index contributed by atoms with van der Waals surface area (Å²) in [6, 6.07) is 11.1. The monoisotopic (exact) mass is 1960 g/mol. The molecule has 22 atom stereocenters. The lowest BCUT2D eigenvalue weighted by Gasteiger charge is -2.44. The minimum atomic E-state index is -2.32. The second-order valence-electron chi connectivity index (χ2n) is 35.9. The summed E-state index contributed by atoms with van der Waals surface area (Å²) in [4.78, 5) is 139. The van der Waals surface area contributed by atoms with E-state index in [4.69, 9.17) is 76.3 Å².